The number of aromatic nitrogens is 2. The van der Waals surface area contributed by atoms with Crippen LogP contribution in [-0.4, -0.2) is 42.6 Å². The molecule has 1 fully saturated rings. The van der Waals surface area contributed by atoms with Gasteiger partial charge in [0.15, 0.2) is 0 Å². The second-order valence-electron chi connectivity index (χ2n) is 10.0. The molecule has 1 saturated heterocycles. The van der Waals surface area contributed by atoms with E-state index in [0.717, 1.165) is 16.7 Å². The molecule has 4 aromatic rings. The minimum absolute atomic E-state index is 0.108. The van der Waals surface area contributed by atoms with Crippen LogP contribution in [0.1, 0.15) is 34.9 Å². The average molecular weight is 613 g/mol. The van der Waals surface area contributed by atoms with Crippen LogP contribution < -0.4 is 20.7 Å². The van der Waals surface area contributed by atoms with E-state index < -0.39 is 50.7 Å². The van der Waals surface area contributed by atoms with Crippen LogP contribution in [0.3, 0.4) is 0 Å². The quantitative estimate of drug-likeness (QED) is 0.171. The maximum atomic E-state index is 13.3. The number of aromatic amines is 1. The van der Waals surface area contributed by atoms with Gasteiger partial charge in [0.1, 0.15) is 29.4 Å². The van der Waals surface area contributed by atoms with Gasteiger partial charge in [0.25, 0.3) is 5.56 Å². The number of aryl methyl sites for hydroxylation is 1. The molecule has 0 aliphatic carbocycles. The number of benzene rings is 3. The molecule has 1 aliphatic heterocycles. The predicted octanol–water partition coefficient (Wildman–Crippen LogP) is 5.71. The van der Waals surface area contributed by atoms with Crippen molar-refractivity contribution < 1.29 is 31.9 Å². The molecule has 12 heteroatoms. The number of halogens is 2. The van der Waals surface area contributed by atoms with Crippen LogP contribution in [0.25, 0.3) is 0 Å². The summed E-state index contributed by atoms with van der Waals surface area (Å²) in [4.78, 5) is 27.0. The van der Waals surface area contributed by atoms with Gasteiger partial charge in [-0.25, -0.2) is 4.79 Å². The highest BCUT2D eigenvalue weighted by Crippen LogP contribution is 2.47. The summed E-state index contributed by atoms with van der Waals surface area (Å²) in [5, 5.41) is 0. The lowest BCUT2D eigenvalue weighted by atomic mass is 9.79. The summed E-state index contributed by atoms with van der Waals surface area (Å²) in [5.41, 5.74) is 0.0814. The maximum absolute atomic E-state index is 13.3. The highest BCUT2D eigenvalue weighted by atomic mass is 31.2. The maximum Gasteiger partial charge on any atom is 0.415 e. The van der Waals surface area contributed by atoms with E-state index in [0.29, 0.717) is 17.1 Å². The molecule has 3 aromatic carbocycles. The van der Waals surface area contributed by atoms with Gasteiger partial charge in [-0.1, -0.05) is 54.6 Å². The fourth-order valence-corrected chi connectivity index (χ4v) is 5.59. The summed E-state index contributed by atoms with van der Waals surface area (Å²) in [6, 6.07) is 24.3. The van der Waals surface area contributed by atoms with Crippen LogP contribution in [0.5, 0.6) is 11.5 Å². The molecule has 0 spiro atoms. The van der Waals surface area contributed by atoms with Crippen molar-refractivity contribution in [3.63, 3.8) is 0 Å². The highest BCUT2D eigenvalue weighted by Gasteiger charge is 2.46. The molecule has 43 heavy (non-hydrogen) atoms. The van der Waals surface area contributed by atoms with Gasteiger partial charge in [0, 0.05) is 18.2 Å². The smallest absolute Gasteiger partial charge is 0.415 e. The molecule has 0 bridgehead atoms. The molecule has 3 atom stereocenters. The molecular weight excluding hydrogens is 581 g/mol. The number of nitrogens with zero attached hydrogens (tertiary/aromatic N) is 1. The van der Waals surface area contributed by atoms with Gasteiger partial charge in [0.2, 0.25) is 0 Å². The third-order valence-electron chi connectivity index (χ3n) is 7.47. The van der Waals surface area contributed by atoms with E-state index in [1.807, 2.05) is 78.9 Å². The van der Waals surface area contributed by atoms with Crippen LogP contribution in [0.4, 0.5) is 8.39 Å². The topological polar surface area (TPSA) is 101 Å². The number of H-pyrrole nitrogens is 1. The van der Waals surface area contributed by atoms with Crippen LogP contribution in [0.15, 0.2) is 94.6 Å². The van der Waals surface area contributed by atoms with Crippen LogP contribution in [-0.2, 0) is 19.6 Å². The molecule has 0 radical (unpaired) electrons. The van der Waals surface area contributed by atoms with E-state index >= 15 is 0 Å². The van der Waals surface area contributed by atoms with E-state index in [9.17, 15) is 18.0 Å². The Balaban J connectivity index is 1.66. The van der Waals surface area contributed by atoms with Crippen molar-refractivity contribution in [2.75, 3.05) is 20.8 Å². The van der Waals surface area contributed by atoms with E-state index in [1.165, 1.54) is 10.8 Å². The zero-order valence-electron chi connectivity index (χ0n) is 23.7. The second-order valence-corrected chi connectivity index (χ2v) is 10.7. The molecule has 5 rings (SSSR count). The number of hydrogen-bond acceptors (Lipinski definition) is 7. The molecule has 1 N–H and O–H groups in total. The molecule has 0 unspecified atom stereocenters. The largest absolute Gasteiger partial charge is 0.497 e. The SMILES string of the molecule is COc1ccc(C(O[C@H]2C[C@H](n3cc(C)c(=O)[nH]c3=O)O[C@@H]2COP(F)F)(c2ccccc2)c2ccc(OC)cc2)cc1. The van der Waals surface area contributed by atoms with Gasteiger partial charge in [-0.3, -0.25) is 14.3 Å². The van der Waals surface area contributed by atoms with Crippen molar-refractivity contribution in [2.24, 2.45) is 0 Å². The van der Waals surface area contributed by atoms with Crippen LogP contribution >= 0.6 is 8.77 Å². The van der Waals surface area contributed by atoms with E-state index in [1.54, 1.807) is 21.1 Å². The zero-order chi connectivity index (χ0) is 30.6. The Morgan fingerprint density at radius 3 is 2.00 bits per heavy atom. The standard InChI is InChI=1S/C31H31F2N2O7P/c1-20-18-35(30(37)34-29(20)36)28-17-26(27(41-28)19-40-43(32)33)42-31(21-7-5-4-6-8-21,22-9-13-24(38-2)14-10-22)23-11-15-25(39-3)16-12-23/h4-16,18,26-28H,17,19H2,1-3H3,(H,34,36,37)/t26-,27+,28+/m0/s1. The number of methoxy groups -OCH3 is 2. The van der Waals surface area contributed by atoms with Crippen molar-refractivity contribution in [1.82, 2.24) is 9.55 Å². The summed E-state index contributed by atoms with van der Waals surface area (Å²) < 4.78 is 56.6. The zero-order valence-corrected chi connectivity index (χ0v) is 24.6. The highest BCUT2D eigenvalue weighted by molar-refractivity contribution is 7.40. The van der Waals surface area contributed by atoms with Gasteiger partial charge in [-0.2, -0.15) is 8.39 Å². The number of hydrogen-bond donors (Lipinski definition) is 1. The summed E-state index contributed by atoms with van der Waals surface area (Å²) in [6.45, 7) is 1.10. The van der Waals surface area contributed by atoms with Crippen molar-refractivity contribution in [3.8, 4) is 11.5 Å². The molecule has 2 heterocycles. The minimum Gasteiger partial charge on any atom is -0.497 e. The normalized spacial score (nSPS) is 18.6. The van der Waals surface area contributed by atoms with Crippen molar-refractivity contribution in [1.29, 1.82) is 0 Å². The summed E-state index contributed by atoms with van der Waals surface area (Å²) in [7, 11) is -0.526. The van der Waals surface area contributed by atoms with Crippen LogP contribution in [0, 0.1) is 6.92 Å². The first-order chi connectivity index (χ1) is 20.7. The first-order valence-corrected chi connectivity index (χ1v) is 14.5. The Bertz CT molecular complexity index is 1580. The molecule has 0 saturated carbocycles. The minimum atomic E-state index is -3.68. The molecule has 9 nitrogen and oxygen atoms in total. The monoisotopic (exact) mass is 612 g/mol. The number of nitrogens with one attached hydrogen (secondary N) is 1. The second kappa shape index (κ2) is 13.2. The lowest BCUT2D eigenvalue weighted by molar-refractivity contribution is -0.0965. The molecular formula is C31H31F2N2O7P. The van der Waals surface area contributed by atoms with Crippen molar-refractivity contribution >= 4 is 8.77 Å². The molecule has 1 aliphatic rings. The van der Waals surface area contributed by atoms with E-state index in [2.05, 4.69) is 4.98 Å². The Hall–Kier alpha value is -3.89. The first-order valence-electron chi connectivity index (χ1n) is 13.5. The molecule has 1 aromatic heterocycles. The third-order valence-corrected chi connectivity index (χ3v) is 7.82. The first kappa shape index (κ1) is 30.6. The van der Waals surface area contributed by atoms with E-state index in [4.69, 9.17) is 23.5 Å². The van der Waals surface area contributed by atoms with Crippen molar-refractivity contribution in [3.05, 3.63) is 128 Å². The number of ether oxygens (including phenoxy) is 4. The lowest BCUT2D eigenvalue weighted by Crippen LogP contribution is -2.41. The Kier molecular flexibility index (Phi) is 9.37. The van der Waals surface area contributed by atoms with Gasteiger partial charge in [-0.15, -0.1) is 0 Å². The number of rotatable bonds is 11. The van der Waals surface area contributed by atoms with Gasteiger partial charge in [0.05, 0.1) is 26.9 Å². The van der Waals surface area contributed by atoms with Gasteiger partial charge >= 0.3 is 14.5 Å². The summed E-state index contributed by atoms with van der Waals surface area (Å²) in [6.07, 6.45) is -1.21. The molecule has 226 valence electrons. The van der Waals surface area contributed by atoms with Crippen molar-refractivity contribution in [2.45, 2.75) is 37.4 Å². The average Bonchev–Trinajstić information content (AvgIpc) is 3.43. The molecule has 0 amide bonds. The summed E-state index contributed by atoms with van der Waals surface area (Å²) >= 11 is 0. The van der Waals surface area contributed by atoms with Crippen LogP contribution in [0.2, 0.25) is 0 Å². The van der Waals surface area contributed by atoms with Gasteiger partial charge in [-0.05, 0) is 47.9 Å². The Morgan fingerprint density at radius 1 is 0.907 bits per heavy atom. The fraction of sp³-hybridized carbons (Fsp3) is 0.290. The Labute approximate surface area is 248 Å². The lowest BCUT2D eigenvalue weighted by Gasteiger charge is -2.39. The van der Waals surface area contributed by atoms with E-state index in [-0.39, 0.29) is 6.42 Å². The predicted molar refractivity (Wildman–Crippen MR) is 157 cm³/mol. The van der Waals surface area contributed by atoms with Gasteiger partial charge < -0.3 is 23.5 Å². The Morgan fingerprint density at radius 2 is 1.47 bits per heavy atom. The third kappa shape index (κ3) is 6.40. The summed E-state index contributed by atoms with van der Waals surface area (Å²) in [5.74, 6) is 1.28. The fourth-order valence-electron chi connectivity index (χ4n) is 5.33.